The molecule has 3 heterocycles. The Labute approximate surface area is 226 Å². The zero-order chi connectivity index (χ0) is 26.4. The van der Waals surface area contributed by atoms with Crippen LogP contribution >= 0.6 is 11.3 Å². The fourth-order valence-electron chi connectivity index (χ4n) is 5.29. The number of nitrogens with one attached hydrogen (secondary N) is 1. The van der Waals surface area contributed by atoms with Gasteiger partial charge in [-0.3, -0.25) is 0 Å². The van der Waals surface area contributed by atoms with Gasteiger partial charge in [-0.05, 0) is 72.8 Å². The summed E-state index contributed by atoms with van der Waals surface area (Å²) in [5.41, 5.74) is 7.99. The maximum Gasteiger partial charge on any atom is 0.344 e. The van der Waals surface area contributed by atoms with E-state index >= 15 is 0 Å². The van der Waals surface area contributed by atoms with Gasteiger partial charge in [0, 0.05) is 40.5 Å². The van der Waals surface area contributed by atoms with Crippen molar-refractivity contribution >= 4 is 34.4 Å². The Balaban J connectivity index is 1.44. The molecule has 1 N–H and O–H groups in total. The number of anilines is 2. The molecule has 0 radical (unpaired) electrons. The van der Waals surface area contributed by atoms with Gasteiger partial charge < -0.3 is 24.4 Å². The highest BCUT2D eigenvalue weighted by Gasteiger charge is 2.37. The first-order chi connectivity index (χ1) is 18.4. The predicted octanol–water partition coefficient (Wildman–Crippen LogP) is 7.22. The lowest BCUT2D eigenvalue weighted by atomic mass is 9.89. The van der Waals surface area contributed by atoms with Crippen molar-refractivity contribution in [1.82, 2.24) is 0 Å². The number of para-hydroxylation sites is 2. The van der Waals surface area contributed by atoms with Gasteiger partial charge >= 0.3 is 5.97 Å². The molecule has 0 aliphatic carbocycles. The van der Waals surface area contributed by atoms with Crippen LogP contribution in [0.5, 0.6) is 17.2 Å². The van der Waals surface area contributed by atoms with E-state index in [2.05, 4.69) is 48.3 Å². The third-order valence-electron chi connectivity index (χ3n) is 6.94. The summed E-state index contributed by atoms with van der Waals surface area (Å²) in [5, 5.41) is 7.31. The summed E-state index contributed by atoms with van der Waals surface area (Å²) in [6.45, 7) is 5.03. The second-order valence-corrected chi connectivity index (χ2v) is 10.7. The molecule has 1 aromatic heterocycles. The number of ether oxygens (including phenoxy) is 3. The van der Waals surface area contributed by atoms with E-state index in [-0.39, 0.29) is 11.5 Å². The maximum absolute atomic E-state index is 12.5. The van der Waals surface area contributed by atoms with Gasteiger partial charge in [0.1, 0.15) is 17.2 Å². The van der Waals surface area contributed by atoms with Crippen LogP contribution in [0.1, 0.15) is 35.3 Å². The lowest BCUT2D eigenvalue weighted by Gasteiger charge is -2.33. The number of carbonyl (C=O) groups is 1. The molecule has 4 aromatic rings. The molecule has 0 bridgehead atoms. The maximum atomic E-state index is 12.5. The molecule has 7 heteroatoms. The summed E-state index contributed by atoms with van der Waals surface area (Å²) >= 11 is 1.46. The van der Waals surface area contributed by atoms with Crippen molar-refractivity contribution in [2.45, 2.75) is 25.9 Å². The number of benzene rings is 3. The minimum absolute atomic E-state index is 0.211. The smallest absolute Gasteiger partial charge is 0.344 e. The predicted molar refractivity (Wildman–Crippen MR) is 153 cm³/mol. The Hall–Kier alpha value is -4.23. The van der Waals surface area contributed by atoms with Crippen LogP contribution in [-0.2, 0) is 6.54 Å². The highest BCUT2D eigenvalue weighted by atomic mass is 32.1. The zero-order valence-electron chi connectivity index (χ0n) is 21.7. The van der Waals surface area contributed by atoms with Crippen molar-refractivity contribution in [2.24, 2.45) is 0 Å². The van der Waals surface area contributed by atoms with Crippen molar-refractivity contribution in [2.75, 3.05) is 24.4 Å². The average molecular weight is 525 g/mol. The van der Waals surface area contributed by atoms with E-state index in [1.54, 1.807) is 31.7 Å². The van der Waals surface area contributed by atoms with Gasteiger partial charge in [-0.2, -0.15) is 11.3 Å². The quantitative estimate of drug-likeness (QED) is 0.212. The first kappa shape index (κ1) is 24.1. The van der Waals surface area contributed by atoms with Gasteiger partial charge in [0.05, 0.1) is 31.0 Å². The van der Waals surface area contributed by atoms with Gasteiger partial charge in [-0.15, -0.1) is 0 Å². The van der Waals surface area contributed by atoms with Gasteiger partial charge in [-0.25, -0.2) is 4.79 Å². The molecule has 0 fully saturated rings. The molecule has 0 spiro atoms. The number of esters is 1. The van der Waals surface area contributed by atoms with Crippen molar-refractivity contribution in [3.8, 4) is 28.4 Å². The fraction of sp³-hybridized carbons (Fsp3) is 0.194. The largest absolute Gasteiger partial charge is 0.496 e. The molecular formula is C31H28N2O4S. The summed E-state index contributed by atoms with van der Waals surface area (Å²) in [5.74, 6) is 1.53. The van der Waals surface area contributed by atoms with Crippen LogP contribution < -0.4 is 24.4 Å². The molecular weight excluding hydrogens is 496 g/mol. The van der Waals surface area contributed by atoms with Crippen molar-refractivity contribution < 1.29 is 19.0 Å². The first-order valence-electron chi connectivity index (χ1n) is 12.4. The van der Waals surface area contributed by atoms with E-state index in [4.69, 9.17) is 14.2 Å². The van der Waals surface area contributed by atoms with Crippen LogP contribution in [0, 0.1) is 0 Å². The number of hydrogen-bond acceptors (Lipinski definition) is 7. The molecule has 3 aromatic carbocycles. The molecule has 0 unspecified atom stereocenters. The Morgan fingerprint density at radius 1 is 0.974 bits per heavy atom. The van der Waals surface area contributed by atoms with E-state index in [0.717, 1.165) is 33.9 Å². The monoisotopic (exact) mass is 524 g/mol. The second kappa shape index (κ2) is 9.26. The second-order valence-electron chi connectivity index (χ2n) is 9.91. The molecule has 0 saturated heterocycles. The Kier molecular flexibility index (Phi) is 5.88. The molecule has 6 rings (SSSR count). The van der Waals surface area contributed by atoms with Gasteiger partial charge in [0.15, 0.2) is 0 Å². The summed E-state index contributed by atoms with van der Waals surface area (Å²) in [7, 11) is 3.34. The van der Waals surface area contributed by atoms with E-state index < -0.39 is 0 Å². The highest BCUT2D eigenvalue weighted by Crippen LogP contribution is 2.51. The first-order valence-corrected chi connectivity index (χ1v) is 13.3. The van der Waals surface area contributed by atoms with Crippen molar-refractivity contribution in [3.05, 3.63) is 94.2 Å². The summed E-state index contributed by atoms with van der Waals surface area (Å²) in [6.07, 6.45) is 2.28. The fourth-order valence-corrected chi connectivity index (χ4v) is 5.91. The van der Waals surface area contributed by atoms with Crippen LogP contribution in [0.4, 0.5) is 11.4 Å². The molecule has 6 nitrogen and oxygen atoms in total. The lowest BCUT2D eigenvalue weighted by molar-refractivity contribution is 0.0735. The topological polar surface area (TPSA) is 60.0 Å². The number of methoxy groups -OCH3 is 2. The molecule has 192 valence electrons. The van der Waals surface area contributed by atoms with Crippen molar-refractivity contribution in [3.63, 3.8) is 0 Å². The minimum Gasteiger partial charge on any atom is -0.496 e. The van der Waals surface area contributed by atoms with Crippen molar-refractivity contribution in [1.29, 1.82) is 0 Å². The van der Waals surface area contributed by atoms with Crippen LogP contribution in [0.15, 0.2) is 77.5 Å². The number of thiophene rings is 1. The van der Waals surface area contributed by atoms with Gasteiger partial charge in [0.2, 0.25) is 0 Å². The average Bonchev–Trinajstić information content (AvgIpc) is 3.58. The highest BCUT2D eigenvalue weighted by molar-refractivity contribution is 7.08. The normalized spacial score (nSPS) is 14.8. The molecule has 38 heavy (non-hydrogen) atoms. The standard InChI is InChI=1S/C31H28N2O4S/c1-31(2)16-26-29-23(17-33(26)25-7-5-6-8-27(25)35-3)21(11-12-24(29)32-31)22-10-9-20(15-28(22)36-4)37-30(34)19-13-14-38-18-19/h5-16,18,32H,17H2,1-4H3. The molecule has 0 atom stereocenters. The van der Waals surface area contributed by atoms with Gasteiger partial charge in [0.25, 0.3) is 0 Å². The molecule has 2 aliphatic heterocycles. The number of nitrogens with zero attached hydrogens (tertiary/aromatic N) is 1. The van der Waals surface area contributed by atoms with Crippen LogP contribution in [-0.4, -0.2) is 25.7 Å². The van der Waals surface area contributed by atoms with Crippen LogP contribution in [0.3, 0.4) is 0 Å². The zero-order valence-corrected chi connectivity index (χ0v) is 22.5. The summed E-state index contributed by atoms with van der Waals surface area (Å²) in [6, 6.07) is 19.7. The van der Waals surface area contributed by atoms with Gasteiger partial charge in [-0.1, -0.05) is 18.2 Å². The van der Waals surface area contributed by atoms with Crippen LogP contribution in [0.25, 0.3) is 16.8 Å². The number of carbonyl (C=O) groups excluding carboxylic acids is 1. The van der Waals surface area contributed by atoms with E-state index in [0.29, 0.717) is 23.6 Å². The Morgan fingerprint density at radius 2 is 1.76 bits per heavy atom. The molecule has 2 aliphatic rings. The minimum atomic E-state index is -0.385. The number of hydrogen-bond donors (Lipinski definition) is 1. The Bertz CT molecular complexity index is 1570. The summed E-state index contributed by atoms with van der Waals surface area (Å²) < 4.78 is 17.1. The SMILES string of the molecule is COc1cc(OC(=O)c2ccsc2)ccc1-c1ccc2c3c1CN(c1ccccc1OC)C3=CC(C)(C)N2. The van der Waals surface area contributed by atoms with E-state index in [9.17, 15) is 4.79 Å². The van der Waals surface area contributed by atoms with Crippen LogP contribution in [0.2, 0.25) is 0 Å². The molecule has 0 amide bonds. The summed E-state index contributed by atoms with van der Waals surface area (Å²) in [4.78, 5) is 14.8. The number of rotatable bonds is 6. The molecule has 0 saturated carbocycles. The van der Waals surface area contributed by atoms with E-state index in [1.165, 1.54) is 22.5 Å². The third kappa shape index (κ3) is 4.09. The Morgan fingerprint density at radius 3 is 2.53 bits per heavy atom. The van der Waals surface area contributed by atoms with E-state index in [1.807, 2.05) is 35.7 Å². The lowest BCUT2D eigenvalue weighted by Crippen LogP contribution is -2.33. The third-order valence-corrected chi connectivity index (χ3v) is 7.62.